The number of fused-ring (bicyclic) bond motifs is 1. The molecule has 0 aliphatic carbocycles. The summed E-state index contributed by atoms with van der Waals surface area (Å²) in [5.41, 5.74) is -2.08. The van der Waals surface area contributed by atoms with Gasteiger partial charge < -0.3 is 10.4 Å². The summed E-state index contributed by atoms with van der Waals surface area (Å²) in [6.07, 6.45) is -7.95. The Bertz CT molecular complexity index is 1530. The highest BCUT2D eigenvalue weighted by atomic mass is 32.2. The fraction of sp³-hybridized carbons (Fsp3) is 0.273. The van der Waals surface area contributed by atoms with E-state index in [2.05, 4.69) is 15.4 Å². The van der Waals surface area contributed by atoms with E-state index in [0.29, 0.717) is 32.6 Å². The summed E-state index contributed by atoms with van der Waals surface area (Å²) in [5.74, 6) is -0.356. The van der Waals surface area contributed by atoms with Gasteiger partial charge in [0, 0.05) is 10.3 Å². The molecule has 1 unspecified atom stereocenters. The molecule has 38 heavy (non-hydrogen) atoms. The normalized spacial score (nSPS) is 19.0. The van der Waals surface area contributed by atoms with E-state index in [4.69, 9.17) is 5.14 Å². The molecule has 1 atom stereocenters. The number of nitrogens with two attached hydrogens (primary N) is 1. The van der Waals surface area contributed by atoms with Gasteiger partial charge in [-0.3, -0.25) is 9.67 Å². The molecule has 1 aliphatic heterocycles. The van der Waals surface area contributed by atoms with Crippen molar-refractivity contribution in [2.24, 2.45) is 10.1 Å². The monoisotopic (exact) mass is 579 g/mol. The fourth-order valence-electron chi connectivity index (χ4n) is 3.65. The predicted molar refractivity (Wildman–Crippen MR) is 130 cm³/mol. The average Bonchev–Trinajstić information content (AvgIpc) is 3.34. The first-order valence-corrected chi connectivity index (χ1v) is 13.3. The van der Waals surface area contributed by atoms with Crippen LogP contribution in [0.4, 0.5) is 26.3 Å². The summed E-state index contributed by atoms with van der Waals surface area (Å²) in [6.45, 7) is -0.498. The van der Waals surface area contributed by atoms with E-state index in [9.17, 15) is 39.9 Å². The van der Waals surface area contributed by atoms with E-state index in [0.717, 1.165) is 17.8 Å². The quantitative estimate of drug-likeness (QED) is 0.383. The molecule has 204 valence electrons. The summed E-state index contributed by atoms with van der Waals surface area (Å²) in [7, 11) is -3.68. The lowest BCUT2D eigenvalue weighted by Crippen LogP contribution is -2.26. The molecule has 1 fully saturated rings. The number of primary sulfonamides is 1. The van der Waals surface area contributed by atoms with Crippen molar-refractivity contribution in [3.8, 4) is 0 Å². The molecule has 1 aliphatic rings. The van der Waals surface area contributed by atoms with Crippen molar-refractivity contribution in [2.45, 2.75) is 25.1 Å². The molecule has 0 spiro atoms. The molecule has 0 saturated carbocycles. The Morgan fingerprint density at radius 2 is 1.87 bits per heavy atom. The number of aliphatic hydroxyl groups is 1. The number of halogens is 6. The molecule has 16 heteroatoms. The van der Waals surface area contributed by atoms with Crippen LogP contribution in [0, 0.1) is 0 Å². The number of hydrogen-bond donors (Lipinski definition) is 3. The number of thioether (sulfide) groups is 1. The molecular weight excluding hydrogens is 560 g/mol. The molecule has 4 rings (SSSR count). The van der Waals surface area contributed by atoms with Crippen molar-refractivity contribution in [3.63, 3.8) is 0 Å². The Balaban J connectivity index is 1.56. The first kappa shape index (κ1) is 27.9. The lowest BCUT2D eigenvalue weighted by Gasteiger charge is -2.16. The molecule has 2 aromatic carbocycles. The van der Waals surface area contributed by atoms with Crippen molar-refractivity contribution in [1.82, 2.24) is 15.1 Å². The second-order valence-corrected chi connectivity index (χ2v) is 11.0. The topological polar surface area (TPSA) is 123 Å². The second-order valence-electron chi connectivity index (χ2n) is 8.24. The smallest absolute Gasteiger partial charge is 0.369 e. The molecule has 4 N–H and O–H groups in total. The zero-order valence-corrected chi connectivity index (χ0v) is 20.7. The van der Waals surface area contributed by atoms with Gasteiger partial charge in [-0.2, -0.15) is 31.4 Å². The van der Waals surface area contributed by atoms with E-state index in [1.54, 1.807) is 24.3 Å². The molecule has 0 bridgehead atoms. The highest BCUT2D eigenvalue weighted by Gasteiger charge is 2.38. The summed E-state index contributed by atoms with van der Waals surface area (Å²) in [6, 6.07) is 6.39. The fourth-order valence-corrected chi connectivity index (χ4v) is 4.91. The summed E-state index contributed by atoms with van der Waals surface area (Å²) < 4.78 is 103. The van der Waals surface area contributed by atoms with E-state index in [1.807, 2.05) is 0 Å². The zero-order valence-electron chi connectivity index (χ0n) is 19.1. The molecular formula is C22H19F6N5O3S2. The van der Waals surface area contributed by atoms with Crippen LogP contribution in [0.15, 0.2) is 52.5 Å². The van der Waals surface area contributed by atoms with Gasteiger partial charge in [0.1, 0.15) is 0 Å². The third-order valence-corrected chi connectivity index (χ3v) is 7.18. The third-order valence-electron chi connectivity index (χ3n) is 5.41. The highest BCUT2D eigenvalue weighted by molar-refractivity contribution is 8.17. The Morgan fingerprint density at radius 1 is 1.13 bits per heavy atom. The van der Waals surface area contributed by atoms with Crippen LogP contribution in [0.3, 0.4) is 0 Å². The molecule has 1 saturated heterocycles. The van der Waals surface area contributed by atoms with Crippen molar-refractivity contribution in [3.05, 3.63) is 69.8 Å². The lowest BCUT2D eigenvalue weighted by atomic mass is 10.0. The van der Waals surface area contributed by atoms with Crippen LogP contribution in [0.5, 0.6) is 0 Å². The number of alkyl halides is 6. The molecule has 2 heterocycles. The summed E-state index contributed by atoms with van der Waals surface area (Å²) in [4.78, 5) is 4.50. The first-order chi connectivity index (χ1) is 17.6. The van der Waals surface area contributed by atoms with Crippen molar-refractivity contribution < 1.29 is 39.9 Å². The van der Waals surface area contributed by atoms with Crippen LogP contribution >= 0.6 is 11.8 Å². The average molecular weight is 580 g/mol. The van der Waals surface area contributed by atoms with Crippen LogP contribution in [0.1, 0.15) is 22.3 Å². The predicted octanol–water partition coefficient (Wildman–Crippen LogP) is 3.76. The molecule has 3 aromatic rings. The van der Waals surface area contributed by atoms with Gasteiger partial charge in [0.15, 0.2) is 11.4 Å². The van der Waals surface area contributed by atoms with Crippen LogP contribution in [0.25, 0.3) is 17.0 Å². The number of amidine groups is 1. The second kappa shape index (κ2) is 10.2. The van der Waals surface area contributed by atoms with Gasteiger partial charge in [-0.05, 0) is 41.5 Å². The van der Waals surface area contributed by atoms with Gasteiger partial charge in [-0.15, -0.1) is 0 Å². The van der Waals surface area contributed by atoms with Gasteiger partial charge in [0.25, 0.3) is 0 Å². The van der Waals surface area contributed by atoms with Crippen LogP contribution in [-0.2, 0) is 28.9 Å². The van der Waals surface area contributed by atoms with Crippen molar-refractivity contribution >= 4 is 43.9 Å². The first-order valence-electron chi connectivity index (χ1n) is 10.7. The number of nitrogens with one attached hydrogen (secondary N) is 1. The summed E-state index contributed by atoms with van der Waals surface area (Å²) >= 11 is 1.09. The number of hydrogen-bond acceptors (Lipinski definition) is 6. The Kier molecular flexibility index (Phi) is 7.53. The molecule has 0 radical (unpaired) electrons. The third kappa shape index (κ3) is 6.67. The van der Waals surface area contributed by atoms with Gasteiger partial charge in [0.05, 0.1) is 41.7 Å². The molecule has 1 aromatic heterocycles. The highest BCUT2D eigenvalue weighted by Crippen LogP contribution is 2.38. The Labute approximate surface area is 216 Å². The minimum Gasteiger partial charge on any atom is -0.369 e. The van der Waals surface area contributed by atoms with Crippen molar-refractivity contribution in [1.29, 1.82) is 0 Å². The number of aliphatic imine (C=N–C) groups is 1. The van der Waals surface area contributed by atoms with E-state index >= 15 is 0 Å². The van der Waals surface area contributed by atoms with Crippen LogP contribution in [-0.4, -0.2) is 47.0 Å². The van der Waals surface area contributed by atoms with Crippen molar-refractivity contribution in [2.75, 3.05) is 12.3 Å². The van der Waals surface area contributed by atoms with Crippen LogP contribution < -0.4 is 10.5 Å². The summed E-state index contributed by atoms with van der Waals surface area (Å²) in [5, 5.41) is 22.8. The SMILES string of the molecule is NS(=O)(=O)CCN=C1NC(O)C(=Cc2ccc3c(cnn3Cc3ccc(C(F)(F)F)cc3C(F)(F)F)c2)S1. The molecule has 8 nitrogen and oxygen atoms in total. The van der Waals surface area contributed by atoms with E-state index in [1.165, 1.54) is 10.9 Å². The van der Waals surface area contributed by atoms with Gasteiger partial charge in [-0.1, -0.05) is 23.9 Å². The van der Waals surface area contributed by atoms with Crippen LogP contribution in [0.2, 0.25) is 0 Å². The maximum atomic E-state index is 13.5. The number of sulfonamides is 1. The van der Waals surface area contributed by atoms with Gasteiger partial charge in [0.2, 0.25) is 10.0 Å². The largest absolute Gasteiger partial charge is 0.416 e. The number of nitrogens with zero attached hydrogens (tertiary/aromatic N) is 3. The van der Waals surface area contributed by atoms with E-state index < -0.39 is 46.3 Å². The maximum Gasteiger partial charge on any atom is 0.416 e. The minimum atomic E-state index is -4.99. The standard InChI is InChI=1S/C22H19F6N5O3S2/c23-21(24,25)15-3-2-13(16(9-15)22(26,27)28)11-33-17-4-1-12(7-14(17)10-31-33)8-18-19(34)32-20(37-18)30-5-6-38(29,35)36/h1-4,7-10,19,34H,5-6,11H2,(H,30,32)(H2,29,35,36). The number of aromatic nitrogens is 2. The van der Waals surface area contributed by atoms with Gasteiger partial charge in [-0.25, -0.2) is 13.6 Å². The Morgan fingerprint density at radius 3 is 2.53 bits per heavy atom. The minimum absolute atomic E-state index is 0.0890. The molecule has 0 amide bonds. The zero-order chi connectivity index (χ0) is 27.9. The number of rotatable bonds is 6. The number of benzene rings is 2. The number of aliphatic hydroxyl groups excluding tert-OH is 1. The lowest BCUT2D eigenvalue weighted by molar-refractivity contribution is -0.143. The van der Waals surface area contributed by atoms with E-state index in [-0.39, 0.29) is 23.9 Å². The Hall–Kier alpha value is -3.08. The van der Waals surface area contributed by atoms with Gasteiger partial charge >= 0.3 is 12.4 Å². The maximum absolute atomic E-state index is 13.5.